The Hall–Kier alpha value is -1.07. The van der Waals surface area contributed by atoms with E-state index in [1.54, 1.807) is 0 Å². The van der Waals surface area contributed by atoms with Gasteiger partial charge in [-0.25, -0.2) is 0 Å². The van der Waals surface area contributed by atoms with E-state index in [1.165, 1.54) is 12.0 Å². The minimum absolute atomic E-state index is 0.0304. The maximum Gasteiger partial charge on any atom is 0.238 e. The van der Waals surface area contributed by atoms with Crippen molar-refractivity contribution in [3.63, 3.8) is 0 Å². The van der Waals surface area contributed by atoms with E-state index >= 15 is 0 Å². The summed E-state index contributed by atoms with van der Waals surface area (Å²) < 4.78 is 6.87. The summed E-state index contributed by atoms with van der Waals surface area (Å²) in [4.78, 5) is 14.5. The van der Waals surface area contributed by atoms with Crippen molar-refractivity contribution in [3.05, 3.63) is 27.7 Å². The molecule has 2 atom stereocenters. The molecule has 20 heavy (non-hydrogen) atoms. The number of hydrogen-bond donors (Lipinski definition) is 1. The number of benzene rings is 1. The van der Waals surface area contributed by atoms with E-state index in [-0.39, 0.29) is 18.1 Å². The van der Waals surface area contributed by atoms with Crippen molar-refractivity contribution in [2.75, 3.05) is 13.2 Å². The predicted molar refractivity (Wildman–Crippen MR) is 78.6 cm³/mol. The van der Waals surface area contributed by atoms with Gasteiger partial charge in [0, 0.05) is 23.0 Å². The summed E-state index contributed by atoms with van der Waals surface area (Å²) in [5, 5.41) is 3.16. The van der Waals surface area contributed by atoms with Crippen LogP contribution in [0.2, 0.25) is 0 Å². The number of halogens is 1. The van der Waals surface area contributed by atoms with Crippen molar-refractivity contribution in [1.29, 1.82) is 0 Å². The van der Waals surface area contributed by atoms with E-state index < -0.39 is 0 Å². The summed E-state index contributed by atoms with van der Waals surface area (Å²) in [5.41, 5.74) is 2.34. The molecule has 0 unspecified atom stereocenters. The second-order valence-electron chi connectivity index (χ2n) is 5.74. The lowest BCUT2D eigenvalue weighted by Gasteiger charge is -2.32. The Balaban J connectivity index is 1.76. The number of nitrogens with zero attached hydrogens (tertiary/aromatic N) is 1. The van der Waals surface area contributed by atoms with Crippen LogP contribution in [-0.4, -0.2) is 30.0 Å². The van der Waals surface area contributed by atoms with Gasteiger partial charge in [-0.3, -0.25) is 9.69 Å². The summed E-state index contributed by atoms with van der Waals surface area (Å²) in [6.07, 6.45) is 4.20. The standard InChI is InChI=1S/C15H17BrN2O2/c16-10-7-9-4-6-20-13(9)11(8-10)14-17-15(19)12-3-1-2-5-18(12)14/h7-8,12,14H,1-6H2,(H,17,19)/t12-,14-/m0/s1. The Morgan fingerprint density at radius 2 is 2.25 bits per heavy atom. The minimum atomic E-state index is -0.0304. The molecule has 5 heteroatoms. The van der Waals surface area contributed by atoms with Crippen LogP contribution in [-0.2, 0) is 11.2 Å². The second kappa shape index (κ2) is 4.74. The van der Waals surface area contributed by atoms with Crippen LogP contribution in [0.1, 0.15) is 36.6 Å². The molecule has 0 bridgehead atoms. The van der Waals surface area contributed by atoms with E-state index in [2.05, 4.69) is 38.3 Å². The molecule has 2 fully saturated rings. The van der Waals surface area contributed by atoms with Crippen LogP contribution in [0.3, 0.4) is 0 Å². The van der Waals surface area contributed by atoms with Crippen LogP contribution >= 0.6 is 15.9 Å². The third-order valence-electron chi connectivity index (χ3n) is 4.53. The fourth-order valence-electron chi connectivity index (χ4n) is 3.62. The zero-order valence-corrected chi connectivity index (χ0v) is 12.8. The minimum Gasteiger partial charge on any atom is -0.493 e. The molecule has 106 valence electrons. The highest BCUT2D eigenvalue weighted by Crippen LogP contribution is 2.41. The van der Waals surface area contributed by atoms with E-state index in [4.69, 9.17) is 4.74 Å². The van der Waals surface area contributed by atoms with Crippen molar-refractivity contribution >= 4 is 21.8 Å². The first-order chi connectivity index (χ1) is 9.74. The van der Waals surface area contributed by atoms with Gasteiger partial charge in [-0.05, 0) is 30.5 Å². The molecular weight excluding hydrogens is 320 g/mol. The first-order valence-corrected chi connectivity index (χ1v) is 8.04. The molecule has 0 saturated carbocycles. The first-order valence-electron chi connectivity index (χ1n) is 7.25. The third kappa shape index (κ3) is 1.87. The van der Waals surface area contributed by atoms with Gasteiger partial charge in [0.2, 0.25) is 5.91 Å². The third-order valence-corrected chi connectivity index (χ3v) is 4.99. The first kappa shape index (κ1) is 12.7. The Morgan fingerprint density at radius 3 is 3.15 bits per heavy atom. The fraction of sp³-hybridized carbons (Fsp3) is 0.533. The molecule has 1 aromatic carbocycles. The summed E-state index contributed by atoms with van der Waals surface area (Å²) in [6, 6.07) is 4.26. The average Bonchev–Trinajstić information content (AvgIpc) is 3.03. The van der Waals surface area contributed by atoms with Crippen molar-refractivity contribution < 1.29 is 9.53 Å². The molecule has 1 N–H and O–H groups in total. The Kier molecular flexibility index (Phi) is 3.00. The highest BCUT2D eigenvalue weighted by molar-refractivity contribution is 9.10. The SMILES string of the molecule is O=C1N[C@H](c2cc(Br)cc3c2OCC3)N2CCCC[C@@H]12. The molecule has 3 heterocycles. The average molecular weight is 337 g/mol. The van der Waals surface area contributed by atoms with Crippen molar-refractivity contribution in [1.82, 2.24) is 10.2 Å². The van der Waals surface area contributed by atoms with Crippen LogP contribution in [0.5, 0.6) is 5.75 Å². The van der Waals surface area contributed by atoms with Crippen LogP contribution < -0.4 is 10.1 Å². The molecule has 0 spiro atoms. The van der Waals surface area contributed by atoms with Crippen molar-refractivity contribution in [2.45, 2.75) is 37.9 Å². The van der Waals surface area contributed by atoms with Gasteiger partial charge in [-0.15, -0.1) is 0 Å². The molecule has 1 aromatic rings. The number of fused-ring (bicyclic) bond motifs is 2. The lowest BCUT2D eigenvalue weighted by Crippen LogP contribution is -2.38. The fourth-order valence-corrected chi connectivity index (χ4v) is 4.14. The number of amides is 1. The molecule has 3 aliphatic rings. The van der Waals surface area contributed by atoms with Gasteiger partial charge >= 0.3 is 0 Å². The monoisotopic (exact) mass is 336 g/mol. The largest absolute Gasteiger partial charge is 0.493 e. The Bertz CT molecular complexity index is 575. The lowest BCUT2D eigenvalue weighted by molar-refractivity contribution is -0.122. The number of carbonyl (C=O) groups excluding carboxylic acids is 1. The highest BCUT2D eigenvalue weighted by Gasteiger charge is 2.43. The molecule has 3 aliphatic heterocycles. The number of piperidine rings is 1. The van der Waals surface area contributed by atoms with Gasteiger partial charge in [-0.1, -0.05) is 22.4 Å². The second-order valence-corrected chi connectivity index (χ2v) is 6.66. The number of rotatable bonds is 1. The molecule has 1 amide bonds. The molecule has 0 radical (unpaired) electrons. The van der Waals surface area contributed by atoms with Gasteiger partial charge in [0.15, 0.2) is 0 Å². The summed E-state index contributed by atoms with van der Waals surface area (Å²) >= 11 is 3.58. The molecule has 0 aromatic heterocycles. The number of nitrogens with one attached hydrogen (secondary N) is 1. The quantitative estimate of drug-likeness (QED) is 0.856. The molecule has 4 rings (SSSR count). The van der Waals surface area contributed by atoms with Crippen LogP contribution in [0, 0.1) is 0 Å². The Morgan fingerprint density at radius 1 is 1.35 bits per heavy atom. The van der Waals surface area contributed by atoms with Crippen LogP contribution in [0.25, 0.3) is 0 Å². The number of hydrogen-bond acceptors (Lipinski definition) is 3. The zero-order chi connectivity index (χ0) is 13.7. The maximum absolute atomic E-state index is 12.2. The summed E-state index contributed by atoms with van der Waals surface area (Å²) in [5.74, 6) is 1.14. The van der Waals surface area contributed by atoms with Gasteiger partial charge in [0.05, 0.1) is 12.6 Å². The lowest BCUT2D eigenvalue weighted by atomic mass is 10.0. The van der Waals surface area contributed by atoms with E-state index in [1.807, 2.05) is 0 Å². The summed E-state index contributed by atoms with van der Waals surface area (Å²) in [6.45, 7) is 1.72. The number of carbonyl (C=O) groups is 1. The van der Waals surface area contributed by atoms with Crippen molar-refractivity contribution in [2.24, 2.45) is 0 Å². The molecule has 2 saturated heterocycles. The number of ether oxygens (including phenoxy) is 1. The van der Waals surface area contributed by atoms with Gasteiger partial charge in [-0.2, -0.15) is 0 Å². The predicted octanol–water partition coefficient (Wildman–Crippen LogP) is 2.37. The smallest absolute Gasteiger partial charge is 0.238 e. The normalized spacial score (nSPS) is 28.8. The zero-order valence-electron chi connectivity index (χ0n) is 11.2. The molecule has 0 aliphatic carbocycles. The van der Waals surface area contributed by atoms with Gasteiger partial charge in [0.1, 0.15) is 11.9 Å². The van der Waals surface area contributed by atoms with Crippen molar-refractivity contribution in [3.8, 4) is 5.75 Å². The maximum atomic E-state index is 12.2. The van der Waals surface area contributed by atoms with Gasteiger partial charge < -0.3 is 10.1 Å². The van der Waals surface area contributed by atoms with Gasteiger partial charge in [0.25, 0.3) is 0 Å². The highest BCUT2D eigenvalue weighted by atomic mass is 79.9. The van der Waals surface area contributed by atoms with Crippen LogP contribution in [0.4, 0.5) is 0 Å². The Labute approximate surface area is 126 Å². The van der Waals surface area contributed by atoms with E-state index in [0.29, 0.717) is 0 Å². The molecular formula is C15H17BrN2O2. The van der Waals surface area contributed by atoms with Crippen LogP contribution in [0.15, 0.2) is 16.6 Å². The van der Waals surface area contributed by atoms with E-state index in [0.717, 1.165) is 48.2 Å². The summed E-state index contributed by atoms with van der Waals surface area (Å²) in [7, 11) is 0. The molecule has 4 nitrogen and oxygen atoms in total. The topological polar surface area (TPSA) is 41.6 Å². The van der Waals surface area contributed by atoms with E-state index in [9.17, 15) is 4.79 Å².